The molecule has 5 rings (SSSR count). The van der Waals surface area contributed by atoms with Gasteiger partial charge >= 0.3 is 12.2 Å². The number of nitrogens with one attached hydrogen (secondary N) is 2. The van der Waals surface area contributed by atoms with Gasteiger partial charge in [0.15, 0.2) is 0 Å². The van der Waals surface area contributed by atoms with E-state index in [9.17, 15) is 36.6 Å². The summed E-state index contributed by atoms with van der Waals surface area (Å²) < 4.78 is 68.8. The van der Waals surface area contributed by atoms with Crippen molar-refractivity contribution < 1.29 is 36.6 Å². The number of aromatic nitrogens is 1. The molecule has 3 aromatic rings. The summed E-state index contributed by atoms with van der Waals surface area (Å²) in [6.07, 6.45) is -4.01. The summed E-state index contributed by atoms with van der Waals surface area (Å²) in [4.78, 5) is 30.3. The molecular weight excluding hydrogens is 511 g/mol. The Labute approximate surface area is 204 Å². The summed E-state index contributed by atoms with van der Waals surface area (Å²) in [6.45, 7) is -1.23. The molecule has 0 spiro atoms. The van der Waals surface area contributed by atoms with E-state index in [1.165, 1.54) is 18.3 Å². The molecule has 1 aromatic heterocycles. The van der Waals surface area contributed by atoms with E-state index in [0.717, 1.165) is 24.3 Å². The molecule has 3 N–H and O–H groups in total. The van der Waals surface area contributed by atoms with Crippen LogP contribution in [0.3, 0.4) is 0 Å². The maximum atomic E-state index is 13.9. The molecule has 0 unspecified atom stereocenters. The van der Waals surface area contributed by atoms with Crippen molar-refractivity contribution in [2.45, 2.75) is 17.8 Å². The molecule has 2 aliphatic rings. The molecule has 2 aliphatic heterocycles. The zero-order chi connectivity index (χ0) is 26.0. The van der Waals surface area contributed by atoms with Gasteiger partial charge in [-0.2, -0.15) is 13.2 Å². The number of β-amino-alcohol motifs (C(OH)–C–C–N with tert-alkyl or cyclic N) is 1. The number of fused-ring (bicyclic) bond motifs is 2. The van der Waals surface area contributed by atoms with Crippen molar-refractivity contribution in [3.63, 3.8) is 0 Å². The third-order valence-electron chi connectivity index (χ3n) is 6.08. The van der Waals surface area contributed by atoms with Crippen molar-refractivity contribution in [3.05, 3.63) is 87.7 Å². The average molecular weight is 525 g/mol. The number of carbonyl (C=O) groups excluding carboxylic acids is 2. The molecule has 3 heterocycles. The lowest BCUT2D eigenvalue weighted by Crippen LogP contribution is -2.48. The number of hydrogen-bond donors (Lipinski definition) is 3. The van der Waals surface area contributed by atoms with Gasteiger partial charge in [0.2, 0.25) is 5.60 Å². The van der Waals surface area contributed by atoms with Crippen LogP contribution in [0.5, 0.6) is 0 Å². The minimum absolute atomic E-state index is 0.0141. The summed E-state index contributed by atoms with van der Waals surface area (Å²) in [5, 5.41) is 15.5. The van der Waals surface area contributed by atoms with Gasteiger partial charge in [-0.25, -0.2) is 13.6 Å². The standard InChI is InChI=1S/C23H14ClF5N4O3/c24-14-3-1-10(25)7-12(14)18-17-15(5-6-30-19(17)20(34)32-18)31-21(35)33-9-22(36,23(27,28)29)13-8-11(26)2-4-16(13)33/h1-8,18,36H,9H2,(H,32,34)(H,30,31,35)/t18-,22+/m0/s1. The maximum absolute atomic E-state index is 13.9. The van der Waals surface area contributed by atoms with Crippen molar-refractivity contribution >= 4 is 34.9 Å². The average Bonchev–Trinajstić information content (AvgIpc) is 3.31. The number of hydrogen-bond acceptors (Lipinski definition) is 4. The van der Waals surface area contributed by atoms with Gasteiger partial charge in [-0.05, 0) is 42.5 Å². The van der Waals surface area contributed by atoms with Crippen molar-refractivity contribution in [1.82, 2.24) is 10.3 Å². The monoisotopic (exact) mass is 524 g/mol. The van der Waals surface area contributed by atoms with Gasteiger partial charge < -0.3 is 15.7 Å². The highest BCUT2D eigenvalue weighted by molar-refractivity contribution is 6.31. The highest BCUT2D eigenvalue weighted by atomic mass is 35.5. The highest BCUT2D eigenvalue weighted by Gasteiger charge is 2.61. The number of amides is 3. The maximum Gasteiger partial charge on any atom is 0.423 e. The summed E-state index contributed by atoms with van der Waals surface area (Å²) in [5.41, 5.74) is -4.50. The first kappa shape index (κ1) is 23.9. The molecule has 36 heavy (non-hydrogen) atoms. The Balaban J connectivity index is 1.54. The fourth-order valence-corrected chi connectivity index (χ4v) is 4.60. The topological polar surface area (TPSA) is 94.6 Å². The van der Waals surface area contributed by atoms with Crippen LogP contribution >= 0.6 is 11.6 Å². The smallest absolute Gasteiger partial charge is 0.375 e. The van der Waals surface area contributed by atoms with Gasteiger partial charge in [-0.15, -0.1) is 0 Å². The number of carbonyl (C=O) groups is 2. The van der Waals surface area contributed by atoms with E-state index >= 15 is 0 Å². The van der Waals surface area contributed by atoms with Crippen LogP contribution in [0.4, 0.5) is 38.1 Å². The highest BCUT2D eigenvalue weighted by Crippen LogP contribution is 2.49. The van der Waals surface area contributed by atoms with Gasteiger partial charge in [0, 0.05) is 27.9 Å². The molecule has 186 valence electrons. The zero-order valence-corrected chi connectivity index (χ0v) is 18.6. The minimum Gasteiger partial charge on any atom is -0.375 e. The molecule has 0 radical (unpaired) electrons. The van der Waals surface area contributed by atoms with Crippen molar-refractivity contribution in [2.24, 2.45) is 0 Å². The van der Waals surface area contributed by atoms with Gasteiger partial charge in [-0.1, -0.05) is 11.6 Å². The third-order valence-corrected chi connectivity index (χ3v) is 6.42. The predicted molar refractivity (Wildman–Crippen MR) is 118 cm³/mol. The summed E-state index contributed by atoms with van der Waals surface area (Å²) in [5.74, 6) is -2.30. The molecule has 0 aliphatic carbocycles. The lowest BCUT2D eigenvalue weighted by molar-refractivity contribution is -0.258. The van der Waals surface area contributed by atoms with Crippen LogP contribution in [0.25, 0.3) is 0 Å². The largest absolute Gasteiger partial charge is 0.423 e. The van der Waals surface area contributed by atoms with E-state index in [1.807, 2.05) is 0 Å². The van der Waals surface area contributed by atoms with Crippen molar-refractivity contribution in [3.8, 4) is 0 Å². The minimum atomic E-state index is -5.21. The number of anilines is 2. The Morgan fingerprint density at radius 3 is 2.58 bits per heavy atom. The molecule has 0 saturated carbocycles. The van der Waals surface area contributed by atoms with E-state index in [4.69, 9.17) is 11.6 Å². The van der Waals surface area contributed by atoms with Crippen molar-refractivity contribution in [2.75, 3.05) is 16.8 Å². The number of halogens is 6. The Morgan fingerprint density at radius 2 is 1.86 bits per heavy atom. The number of alkyl halides is 3. The molecule has 0 fully saturated rings. The van der Waals surface area contributed by atoms with Gasteiger partial charge in [0.05, 0.1) is 24.0 Å². The van der Waals surface area contributed by atoms with Crippen molar-refractivity contribution in [1.29, 1.82) is 0 Å². The number of pyridine rings is 1. The van der Waals surface area contributed by atoms with Gasteiger partial charge in [0.1, 0.15) is 17.3 Å². The van der Waals surface area contributed by atoms with Crippen LogP contribution in [0.2, 0.25) is 5.02 Å². The van der Waals surface area contributed by atoms with Gasteiger partial charge in [0.25, 0.3) is 5.91 Å². The predicted octanol–water partition coefficient (Wildman–Crippen LogP) is 4.65. The second-order valence-corrected chi connectivity index (χ2v) is 8.64. The van der Waals surface area contributed by atoms with E-state index in [-0.39, 0.29) is 33.2 Å². The van der Waals surface area contributed by atoms with E-state index in [2.05, 4.69) is 15.6 Å². The molecule has 13 heteroatoms. The second-order valence-electron chi connectivity index (χ2n) is 8.23. The Hall–Kier alpha value is -3.77. The van der Waals surface area contributed by atoms with Crippen LogP contribution in [0.1, 0.15) is 33.2 Å². The summed E-state index contributed by atoms with van der Waals surface area (Å²) in [6, 6.07) is 5.00. The first-order valence-corrected chi connectivity index (χ1v) is 10.7. The molecular formula is C23H14ClF5N4O3. The van der Waals surface area contributed by atoms with E-state index in [0.29, 0.717) is 11.0 Å². The van der Waals surface area contributed by atoms with E-state index in [1.54, 1.807) is 0 Å². The fraction of sp³-hybridized carbons (Fsp3) is 0.174. The van der Waals surface area contributed by atoms with Crippen LogP contribution in [0, 0.1) is 11.6 Å². The SMILES string of the molecule is O=C1N[C@@H](c2cc(F)ccc2Cl)c2c(NC(=O)N3C[C@](O)(C(F)(F)F)c4cc(F)ccc43)ccnc21. The Kier molecular flexibility index (Phi) is 5.41. The zero-order valence-electron chi connectivity index (χ0n) is 17.8. The quantitative estimate of drug-likeness (QED) is 0.426. The van der Waals surface area contributed by atoms with Gasteiger partial charge in [-0.3, -0.25) is 14.7 Å². The lowest BCUT2D eigenvalue weighted by Gasteiger charge is -2.27. The van der Waals surface area contributed by atoms with Crippen LogP contribution < -0.4 is 15.5 Å². The first-order chi connectivity index (χ1) is 16.9. The molecule has 3 amide bonds. The number of benzene rings is 2. The molecule has 0 bridgehead atoms. The van der Waals surface area contributed by atoms with Crippen LogP contribution in [-0.2, 0) is 5.60 Å². The Morgan fingerprint density at radius 1 is 1.17 bits per heavy atom. The number of aliphatic hydroxyl groups is 1. The van der Waals surface area contributed by atoms with Crippen LogP contribution in [0.15, 0.2) is 48.7 Å². The number of rotatable bonds is 2. The Bertz CT molecular complexity index is 1430. The fourth-order valence-electron chi connectivity index (χ4n) is 4.38. The second kappa shape index (κ2) is 8.14. The molecule has 2 aromatic carbocycles. The normalized spacial score (nSPS) is 20.7. The first-order valence-electron chi connectivity index (χ1n) is 10.3. The van der Waals surface area contributed by atoms with E-state index < -0.39 is 53.5 Å². The molecule has 2 atom stereocenters. The number of nitrogens with zero attached hydrogens (tertiary/aromatic N) is 2. The molecule has 0 saturated heterocycles. The summed E-state index contributed by atoms with van der Waals surface area (Å²) >= 11 is 6.20. The van der Waals surface area contributed by atoms with Crippen LogP contribution in [-0.4, -0.2) is 34.7 Å². The molecule has 7 nitrogen and oxygen atoms in total. The number of urea groups is 1. The summed E-state index contributed by atoms with van der Waals surface area (Å²) in [7, 11) is 0. The third kappa shape index (κ3) is 3.64. The lowest BCUT2D eigenvalue weighted by atomic mass is 9.95.